The molecule has 108 valence electrons. The van der Waals surface area contributed by atoms with Crippen molar-refractivity contribution in [3.05, 3.63) is 60.1 Å². The molecular formula is C18H25NO. The van der Waals surface area contributed by atoms with Crippen LogP contribution in [0.25, 0.3) is 0 Å². The highest BCUT2D eigenvalue weighted by Gasteiger charge is 2.16. The average Bonchev–Trinajstić information content (AvgIpc) is 3.01. The number of unbranched alkanes of at least 4 members (excludes halogenated alkanes) is 2. The summed E-state index contributed by atoms with van der Waals surface area (Å²) in [6.45, 7) is 4.41. The van der Waals surface area contributed by atoms with Gasteiger partial charge in [-0.15, -0.1) is 0 Å². The lowest BCUT2D eigenvalue weighted by atomic mass is 9.99. The predicted octanol–water partition coefficient (Wildman–Crippen LogP) is 5.25. The Hall–Kier alpha value is -1.54. The lowest BCUT2D eigenvalue weighted by Crippen LogP contribution is -2.24. The van der Waals surface area contributed by atoms with Crippen molar-refractivity contribution < 1.29 is 4.42 Å². The molecule has 0 aliphatic carbocycles. The van der Waals surface area contributed by atoms with E-state index in [0.717, 1.165) is 5.76 Å². The Labute approximate surface area is 122 Å². The molecule has 2 atom stereocenters. The van der Waals surface area contributed by atoms with Crippen molar-refractivity contribution in [2.24, 2.45) is 0 Å². The lowest BCUT2D eigenvalue weighted by molar-refractivity contribution is 0.374. The van der Waals surface area contributed by atoms with Crippen LogP contribution in [0, 0.1) is 0 Å². The summed E-state index contributed by atoms with van der Waals surface area (Å²) in [7, 11) is 0. The monoisotopic (exact) mass is 271 g/mol. The molecule has 0 amide bonds. The van der Waals surface area contributed by atoms with Gasteiger partial charge in [-0.3, -0.25) is 0 Å². The molecule has 0 aliphatic heterocycles. The zero-order chi connectivity index (χ0) is 14.2. The van der Waals surface area contributed by atoms with Crippen molar-refractivity contribution in [1.82, 2.24) is 5.32 Å². The van der Waals surface area contributed by atoms with Crippen LogP contribution in [0.1, 0.15) is 62.9 Å². The summed E-state index contributed by atoms with van der Waals surface area (Å²) in [5.74, 6) is 1.00. The van der Waals surface area contributed by atoms with E-state index in [0.29, 0.717) is 6.04 Å². The van der Waals surface area contributed by atoms with Crippen LogP contribution in [0.2, 0.25) is 0 Å². The van der Waals surface area contributed by atoms with E-state index in [1.807, 2.05) is 12.1 Å². The van der Waals surface area contributed by atoms with E-state index >= 15 is 0 Å². The number of furan rings is 1. The van der Waals surface area contributed by atoms with Gasteiger partial charge in [-0.1, -0.05) is 56.5 Å². The highest BCUT2D eigenvalue weighted by atomic mass is 16.3. The van der Waals surface area contributed by atoms with Crippen molar-refractivity contribution >= 4 is 0 Å². The molecule has 1 aromatic carbocycles. The third-order valence-electron chi connectivity index (χ3n) is 3.72. The summed E-state index contributed by atoms with van der Waals surface area (Å²) < 4.78 is 5.50. The average molecular weight is 271 g/mol. The minimum Gasteiger partial charge on any atom is -0.468 e. The van der Waals surface area contributed by atoms with Gasteiger partial charge in [-0.25, -0.2) is 0 Å². The zero-order valence-electron chi connectivity index (χ0n) is 12.5. The number of hydrogen-bond acceptors (Lipinski definition) is 2. The smallest absolute Gasteiger partial charge is 0.120 e. The molecule has 0 saturated heterocycles. The van der Waals surface area contributed by atoms with Gasteiger partial charge in [0, 0.05) is 6.04 Å². The van der Waals surface area contributed by atoms with Crippen LogP contribution in [0.4, 0.5) is 0 Å². The molecule has 2 rings (SSSR count). The summed E-state index contributed by atoms with van der Waals surface area (Å²) in [5, 5.41) is 3.70. The van der Waals surface area contributed by atoms with E-state index in [-0.39, 0.29) is 6.04 Å². The molecule has 1 heterocycles. The summed E-state index contributed by atoms with van der Waals surface area (Å²) in [5.41, 5.74) is 1.36. The molecular weight excluding hydrogens is 246 g/mol. The molecule has 0 bridgehead atoms. The molecule has 1 unspecified atom stereocenters. The van der Waals surface area contributed by atoms with Crippen LogP contribution in [0.15, 0.2) is 53.1 Å². The normalized spacial score (nSPS) is 14.1. The molecule has 0 aliphatic rings. The van der Waals surface area contributed by atoms with Crippen LogP contribution in [-0.2, 0) is 0 Å². The van der Waals surface area contributed by atoms with Gasteiger partial charge in [0.05, 0.1) is 12.3 Å². The first-order valence-electron chi connectivity index (χ1n) is 7.65. The molecule has 1 aromatic heterocycles. The predicted molar refractivity (Wildman–Crippen MR) is 83.6 cm³/mol. The third-order valence-corrected chi connectivity index (χ3v) is 3.72. The summed E-state index contributed by atoms with van der Waals surface area (Å²) >= 11 is 0. The van der Waals surface area contributed by atoms with Crippen LogP contribution in [0.5, 0.6) is 0 Å². The first-order chi connectivity index (χ1) is 9.81. The largest absolute Gasteiger partial charge is 0.468 e. The van der Waals surface area contributed by atoms with Gasteiger partial charge < -0.3 is 9.73 Å². The summed E-state index contributed by atoms with van der Waals surface area (Å²) in [6, 6.07) is 15.3. The van der Waals surface area contributed by atoms with E-state index < -0.39 is 0 Å². The van der Waals surface area contributed by atoms with Gasteiger partial charge in [0.15, 0.2) is 0 Å². The fourth-order valence-corrected chi connectivity index (χ4v) is 2.55. The minimum atomic E-state index is 0.233. The molecule has 1 N–H and O–H groups in total. The Morgan fingerprint density at radius 2 is 1.85 bits per heavy atom. The minimum absolute atomic E-state index is 0.233. The SMILES string of the molecule is CCCCCC(N[C@H](C)c1ccco1)c1ccccc1. The lowest BCUT2D eigenvalue weighted by Gasteiger charge is -2.23. The molecule has 2 nitrogen and oxygen atoms in total. The summed E-state index contributed by atoms with van der Waals surface area (Å²) in [6.07, 6.45) is 6.72. The van der Waals surface area contributed by atoms with Gasteiger partial charge in [0.1, 0.15) is 5.76 Å². The molecule has 0 spiro atoms. The zero-order valence-corrected chi connectivity index (χ0v) is 12.5. The standard InChI is InChI=1S/C18H25NO/c1-3-4-6-12-17(16-10-7-5-8-11-16)19-15(2)18-13-9-14-20-18/h5,7-11,13-15,17,19H,3-4,6,12H2,1-2H3/t15-,17?/m1/s1. The van der Waals surface area contributed by atoms with Crippen molar-refractivity contribution in [2.75, 3.05) is 0 Å². The molecule has 2 heteroatoms. The van der Waals surface area contributed by atoms with E-state index in [4.69, 9.17) is 4.42 Å². The second-order valence-electron chi connectivity index (χ2n) is 5.36. The van der Waals surface area contributed by atoms with Gasteiger partial charge in [-0.05, 0) is 31.0 Å². The second kappa shape index (κ2) is 7.91. The first kappa shape index (κ1) is 14.9. The first-order valence-corrected chi connectivity index (χ1v) is 7.65. The van der Waals surface area contributed by atoms with Gasteiger partial charge in [0.2, 0.25) is 0 Å². The van der Waals surface area contributed by atoms with Crippen molar-refractivity contribution in [2.45, 2.75) is 51.6 Å². The third kappa shape index (κ3) is 4.24. The molecule has 0 saturated carbocycles. The van der Waals surface area contributed by atoms with Crippen LogP contribution >= 0.6 is 0 Å². The number of rotatable bonds is 8. The van der Waals surface area contributed by atoms with Crippen molar-refractivity contribution in [3.8, 4) is 0 Å². The fourth-order valence-electron chi connectivity index (χ4n) is 2.55. The number of nitrogens with one attached hydrogen (secondary N) is 1. The quantitative estimate of drug-likeness (QED) is 0.663. The second-order valence-corrected chi connectivity index (χ2v) is 5.36. The number of hydrogen-bond donors (Lipinski definition) is 1. The van der Waals surface area contributed by atoms with Crippen LogP contribution < -0.4 is 5.32 Å². The Morgan fingerprint density at radius 3 is 2.50 bits per heavy atom. The summed E-state index contributed by atoms with van der Waals surface area (Å²) in [4.78, 5) is 0. The highest BCUT2D eigenvalue weighted by Crippen LogP contribution is 2.24. The topological polar surface area (TPSA) is 25.2 Å². The van der Waals surface area contributed by atoms with Crippen molar-refractivity contribution in [3.63, 3.8) is 0 Å². The Balaban J connectivity index is 2.02. The fraction of sp³-hybridized carbons (Fsp3) is 0.444. The highest BCUT2D eigenvalue weighted by molar-refractivity contribution is 5.19. The Kier molecular flexibility index (Phi) is 5.87. The maximum Gasteiger partial charge on any atom is 0.120 e. The van der Waals surface area contributed by atoms with E-state index in [1.54, 1.807) is 6.26 Å². The maximum absolute atomic E-state index is 5.50. The maximum atomic E-state index is 5.50. The van der Waals surface area contributed by atoms with E-state index in [2.05, 4.69) is 49.5 Å². The van der Waals surface area contributed by atoms with Gasteiger partial charge >= 0.3 is 0 Å². The Bertz CT molecular complexity index is 463. The number of benzene rings is 1. The molecule has 0 fully saturated rings. The van der Waals surface area contributed by atoms with E-state index in [9.17, 15) is 0 Å². The molecule has 20 heavy (non-hydrogen) atoms. The Morgan fingerprint density at radius 1 is 1.05 bits per heavy atom. The molecule has 0 radical (unpaired) electrons. The van der Waals surface area contributed by atoms with Crippen LogP contribution in [0.3, 0.4) is 0 Å². The molecule has 2 aromatic rings. The van der Waals surface area contributed by atoms with Gasteiger partial charge in [0.25, 0.3) is 0 Å². The van der Waals surface area contributed by atoms with Crippen LogP contribution in [-0.4, -0.2) is 0 Å². The van der Waals surface area contributed by atoms with Crippen molar-refractivity contribution in [1.29, 1.82) is 0 Å². The van der Waals surface area contributed by atoms with E-state index in [1.165, 1.54) is 31.2 Å². The van der Waals surface area contributed by atoms with Gasteiger partial charge in [-0.2, -0.15) is 0 Å².